The Hall–Kier alpha value is -3.25. The van der Waals surface area contributed by atoms with Crippen molar-refractivity contribution < 1.29 is 9.21 Å². The Morgan fingerprint density at radius 1 is 0.943 bits per heavy atom. The molecule has 0 aliphatic carbocycles. The lowest BCUT2D eigenvalue weighted by atomic mass is 10.1. The molecule has 1 aromatic heterocycles. The zero-order chi connectivity index (χ0) is 24.4. The van der Waals surface area contributed by atoms with E-state index in [-0.39, 0.29) is 11.9 Å². The van der Waals surface area contributed by atoms with Crippen LogP contribution in [-0.2, 0) is 4.79 Å². The van der Waals surface area contributed by atoms with Crippen LogP contribution in [0.4, 0.5) is 5.69 Å². The van der Waals surface area contributed by atoms with Crippen LogP contribution in [0.25, 0.3) is 17.4 Å². The Labute approximate surface area is 217 Å². The molecule has 174 valence electrons. The number of para-hydroxylation sites is 1. The zero-order valence-corrected chi connectivity index (χ0v) is 21.0. The molecule has 3 aromatic carbocycles. The van der Waals surface area contributed by atoms with Crippen LogP contribution in [0.1, 0.15) is 24.3 Å². The van der Waals surface area contributed by atoms with Gasteiger partial charge in [-0.1, -0.05) is 71.7 Å². The Morgan fingerprint density at radius 2 is 1.66 bits per heavy atom. The monoisotopic (exact) mass is 518 g/mol. The van der Waals surface area contributed by atoms with Gasteiger partial charge in [0.2, 0.25) is 0 Å². The van der Waals surface area contributed by atoms with Gasteiger partial charge in [0.1, 0.15) is 11.5 Å². The van der Waals surface area contributed by atoms with Gasteiger partial charge >= 0.3 is 0 Å². The third-order valence-electron chi connectivity index (χ3n) is 5.58. The molecule has 2 heterocycles. The number of thioether (sulfide) groups is 1. The van der Waals surface area contributed by atoms with Crippen molar-refractivity contribution in [2.75, 3.05) is 0 Å². The number of aliphatic imine (C=N–C) groups is 1. The molecular weight excluding hydrogens is 499 g/mol. The van der Waals surface area contributed by atoms with Crippen molar-refractivity contribution in [1.29, 1.82) is 0 Å². The molecule has 0 bridgehead atoms. The standard InChI is InChI=1S/C28H20Cl2N2O2S/c1-18(19-8-4-2-5-9-19)32-27(33)26(35-28(32)31-21-10-6-3-7-11-21)17-22-13-15-25(34-22)23-14-12-20(29)16-24(23)30/h2-18H,1H3/b26-17+,31-28?/t18-/m1/s1. The smallest absolute Gasteiger partial charge is 0.267 e. The second-order valence-electron chi connectivity index (χ2n) is 7.93. The summed E-state index contributed by atoms with van der Waals surface area (Å²) >= 11 is 13.7. The van der Waals surface area contributed by atoms with Crippen LogP contribution in [-0.4, -0.2) is 16.0 Å². The average molecular weight is 519 g/mol. The number of amidine groups is 1. The lowest BCUT2D eigenvalue weighted by Gasteiger charge is -2.24. The number of furan rings is 1. The second-order valence-corrected chi connectivity index (χ2v) is 9.78. The Bertz CT molecular complexity index is 1430. The highest BCUT2D eigenvalue weighted by molar-refractivity contribution is 8.18. The number of amides is 1. The highest BCUT2D eigenvalue weighted by Crippen LogP contribution is 2.40. The average Bonchev–Trinajstić information content (AvgIpc) is 3.44. The summed E-state index contributed by atoms with van der Waals surface area (Å²) in [6.07, 6.45) is 1.75. The summed E-state index contributed by atoms with van der Waals surface area (Å²) in [6.45, 7) is 2.00. The molecule has 0 radical (unpaired) electrons. The lowest BCUT2D eigenvalue weighted by molar-refractivity contribution is -0.123. The van der Waals surface area contributed by atoms with Gasteiger partial charge in [-0.25, -0.2) is 4.99 Å². The SMILES string of the molecule is C[C@H](c1ccccc1)N1C(=O)/C(=C\c2ccc(-c3ccc(Cl)cc3Cl)o2)SC1=Nc1ccccc1. The second kappa shape index (κ2) is 10.2. The van der Waals surface area contributed by atoms with Crippen molar-refractivity contribution in [3.05, 3.63) is 117 Å². The van der Waals surface area contributed by atoms with Crippen LogP contribution >= 0.6 is 35.0 Å². The van der Waals surface area contributed by atoms with Gasteiger partial charge in [0.25, 0.3) is 5.91 Å². The summed E-state index contributed by atoms with van der Waals surface area (Å²) in [4.78, 5) is 20.6. The summed E-state index contributed by atoms with van der Waals surface area (Å²) in [7, 11) is 0. The molecule has 4 aromatic rings. The minimum atomic E-state index is -0.190. The number of halogens is 2. The number of hydrogen-bond donors (Lipinski definition) is 0. The van der Waals surface area contributed by atoms with E-state index < -0.39 is 0 Å². The number of benzene rings is 3. The highest BCUT2D eigenvalue weighted by Gasteiger charge is 2.37. The highest BCUT2D eigenvalue weighted by atomic mass is 35.5. The van der Waals surface area contributed by atoms with E-state index in [1.54, 1.807) is 23.1 Å². The molecule has 1 saturated heterocycles. The van der Waals surface area contributed by atoms with E-state index in [1.807, 2.05) is 85.8 Å². The first-order valence-electron chi connectivity index (χ1n) is 11.0. The number of carbonyl (C=O) groups excluding carboxylic acids is 1. The van der Waals surface area contributed by atoms with Crippen molar-refractivity contribution in [3.63, 3.8) is 0 Å². The van der Waals surface area contributed by atoms with Crippen LogP contribution in [0, 0.1) is 0 Å². The number of hydrogen-bond acceptors (Lipinski definition) is 4. The van der Waals surface area contributed by atoms with Gasteiger partial charge in [-0.3, -0.25) is 9.69 Å². The van der Waals surface area contributed by atoms with Crippen molar-refractivity contribution >= 4 is 57.8 Å². The fraction of sp³-hybridized carbons (Fsp3) is 0.0714. The van der Waals surface area contributed by atoms with Gasteiger partial charge in [-0.05, 0) is 66.7 Å². The van der Waals surface area contributed by atoms with Gasteiger partial charge in [0.05, 0.1) is 21.7 Å². The summed E-state index contributed by atoms with van der Waals surface area (Å²) in [5, 5.41) is 1.67. The van der Waals surface area contributed by atoms with Crippen LogP contribution in [0.2, 0.25) is 10.0 Å². The predicted molar refractivity (Wildman–Crippen MR) is 145 cm³/mol. The van der Waals surface area contributed by atoms with Crippen molar-refractivity contribution in [3.8, 4) is 11.3 Å². The molecule has 4 nitrogen and oxygen atoms in total. The van der Waals surface area contributed by atoms with E-state index in [0.29, 0.717) is 31.6 Å². The van der Waals surface area contributed by atoms with Gasteiger partial charge in [0, 0.05) is 16.7 Å². The molecule has 1 atom stereocenters. The molecule has 1 fully saturated rings. The fourth-order valence-corrected chi connectivity index (χ4v) is 5.34. The Morgan fingerprint density at radius 3 is 2.37 bits per heavy atom. The normalized spacial score (nSPS) is 16.9. The summed E-state index contributed by atoms with van der Waals surface area (Å²) in [6, 6.07) is 28.2. The maximum absolute atomic E-state index is 13.6. The van der Waals surface area contributed by atoms with Gasteiger partial charge in [-0.15, -0.1) is 0 Å². The predicted octanol–water partition coefficient (Wildman–Crippen LogP) is 8.62. The van der Waals surface area contributed by atoms with Gasteiger partial charge in [0.15, 0.2) is 5.17 Å². The first-order valence-corrected chi connectivity index (χ1v) is 12.5. The van der Waals surface area contributed by atoms with E-state index in [0.717, 1.165) is 16.8 Å². The van der Waals surface area contributed by atoms with E-state index in [2.05, 4.69) is 0 Å². The molecule has 1 aliphatic rings. The summed E-state index contributed by atoms with van der Waals surface area (Å²) < 4.78 is 6.01. The molecule has 1 amide bonds. The van der Waals surface area contributed by atoms with Crippen LogP contribution < -0.4 is 0 Å². The summed E-state index contributed by atoms with van der Waals surface area (Å²) in [5.74, 6) is 1.03. The largest absolute Gasteiger partial charge is 0.457 e. The number of rotatable bonds is 5. The van der Waals surface area contributed by atoms with Gasteiger partial charge < -0.3 is 4.42 Å². The first-order chi connectivity index (χ1) is 17.0. The molecule has 5 rings (SSSR count). The van der Waals surface area contributed by atoms with Crippen LogP contribution in [0.15, 0.2) is 105 Å². The molecule has 35 heavy (non-hydrogen) atoms. The molecule has 0 N–H and O–H groups in total. The van der Waals surface area contributed by atoms with Crippen LogP contribution in [0.5, 0.6) is 0 Å². The molecular formula is C28H20Cl2N2O2S. The van der Waals surface area contributed by atoms with E-state index in [9.17, 15) is 4.79 Å². The Balaban J connectivity index is 1.50. The fourth-order valence-electron chi connectivity index (χ4n) is 3.79. The number of nitrogens with zero attached hydrogens (tertiary/aromatic N) is 2. The maximum atomic E-state index is 13.6. The van der Waals surface area contributed by atoms with E-state index in [4.69, 9.17) is 32.6 Å². The third kappa shape index (κ3) is 5.08. The molecule has 0 spiro atoms. The number of carbonyl (C=O) groups is 1. The van der Waals surface area contributed by atoms with Crippen molar-refractivity contribution in [2.45, 2.75) is 13.0 Å². The molecule has 7 heteroatoms. The lowest BCUT2D eigenvalue weighted by Crippen LogP contribution is -2.32. The quantitative estimate of drug-likeness (QED) is 0.248. The zero-order valence-electron chi connectivity index (χ0n) is 18.7. The van der Waals surface area contributed by atoms with Crippen molar-refractivity contribution in [1.82, 2.24) is 4.90 Å². The molecule has 0 saturated carbocycles. The minimum absolute atomic E-state index is 0.122. The van der Waals surface area contributed by atoms with E-state index in [1.165, 1.54) is 11.8 Å². The summed E-state index contributed by atoms with van der Waals surface area (Å²) in [5.41, 5.74) is 2.55. The van der Waals surface area contributed by atoms with Crippen molar-refractivity contribution in [2.24, 2.45) is 4.99 Å². The third-order valence-corrected chi connectivity index (χ3v) is 7.11. The maximum Gasteiger partial charge on any atom is 0.267 e. The minimum Gasteiger partial charge on any atom is -0.457 e. The topological polar surface area (TPSA) is 45.8 Å². The molecule has 1 aliphatic heterocycles. The molecule has 0 unspecified atom stereocenters. The van der Waals surface area contributed by atoms with Gasteiger partial charge in [-0.2, -0.15) is 0 Å². The van der Waals surface area contributed by atoms with Crippen LogP contribution in [0.3, 0.4) is 0 Å². The Kier molecular flexibility index (Phi) is 6.82. The first kappa shape index (κ1) is 23.5. The van der Waals surface area contributed by atoms with E-state index >= 15 is 0 Å².